The summed E-state index contributed by atoms with van der Waals surface area (Å²) in [6, 6.07) is 13.4. The van der Waals surface area contributed by atoms with Crippen molar-refractivity contribution >= 4 is 22.6 Å². The second kappa shape index (κ2) is 8.50. The van der Waals surface area contributed by atoms with Gasteiger partial charge in [-0.15, -0.1) is 0 Å². The van der Waals surface area contributed by atoms with E-state index in [1.165, 1.54) is 0 Å². The molecular formula is C19H20ClNO3. The molecule has 0 aliphatic carbocycles. The van der Waals surface area contributed by atoms with Crippen molar-refractivity contribution in [2.45, 2.75) is 27.4 Å². The molecule has 0 atom stereocenters. The second-order valence-corrected chi connectivity index (χ2v) is 5.69. The van der Waals surface area contributed by atoms with Gasteiger partial charge in [0.1, 0.15) is 19.0 Å². The van der Waals surface area contributed by atoms with Crippen LogP contribution in [0, 0.1) is 13.8 Å². The van der Waals surface area contributed by atoms with Crippen molar-refractivity contribution < 1.29 is 14.4 Å². The molecule has 2 rings (SSSR count). The molecule has 0 fully saturated rings. The van der Waals surface area contributed by atoms with Gasteiger partial charge < -0.3 is 9.57 Å². The molecule has 0 saturated heterocycles. The fourth-order valence-corrected chi connectivity index (χ4v) is 2.35. The first-order chi connectivity index (χ1) is 11.5. The number of halogens is 1. The number of rotatable bonds is 7. The first-order valence-electron chi connectivity index (χ1n) is 7.71. The van der Waals surface area contributed by atoms with Gasteiger partial charge in [0, 0.05) is 5.56 Å². The lowest BCUT2D eigenvalue weighted by atomic mass is 10.0. The van der Waals surface area contributed by atoms with E-state index in [9.17, 15) is 4.79 Å². The molecule has 0 aromatic heterocycles. The molecule has 5 heteroatoms. The van der Waals surface area contributed by atoms with Gasteiger partial charge in [0.05, 0.1) is 0 Å². The van der Waals surface area contributed by atoms with Crippen molar-refractivity contribution in [2.24, 2.45) is 5.16 Å². The highest BCUT2D eigenvalue weighted by Crippen LogP contribution is 2.22. The van der Waals surface area contributed by atoms with Crippen LogP contribution in [0.25, 0.3) is 0 Å². The Hall–Kier alpha value is -2.33. The van der Waals surface area contributed by atoms with E-state index in [-0.39, 0.29) is 5.71 Å². The molecule has 2 aromatic carbocycles. The lowest BCUT2D eigenvalue weighted by Gasteiger charge is -2.13. The van der Waals surface area contributed by atoms with Gasteiger partial charge in [0.25, 0.3) is 5.24 Å². The van der Waals surface area contributed by atoms with E-state index in [0.717, 1.165) is 22.4 Å². The zero-order chi connectivity index (χ0) is 17.5. The molecule has 0 spiro atoms. The Morgan fingerprint density at radius 1 is 1.17 bits per heavy atom. The van der Waals surface area contributed by atoms with Crippen molar-refractivity contribution in [3.05, 3.63) is 64.7 Å². The number of hydrogen-bond acceptors (Lipinski definition) is 4. The van der Waals surface area contributed by atoms with Crippen molar-refractivity contribution in [2.75, 3.05) is 6.61 Å². The van der Waals surface area contributed by atoms with Crippen LogP contribution in [0.5, 0.6) is 5.75 Å². The molecule has 2 aromatic rings. The topological polar surface area (TPSA) is 47.9 Å². The predicted molar refractivity (Wildman–Crippen MR) is 95.7 cm³/mol. The summed E-state index contributed by atoms with van der Waals surface area (Å²) in [4.78, 5) is 16.7. The number of nitrogens with zero attached hydrogens (tertiary/aromatic N) is 1. The summed E-state index contributed by atoms with van der Waals surface area (Å²) in [5.41, 5.74) is 3.67. The Kier molecular flexibility index (Phi) is 6.38. The van der Waals surface area contributed by atoms with E-state index in [4.69, 9.17) is 21.2 Å². The van der Waals surface area contributed by atoms with Crippen LogP contribution in [0.3, 0.4) is 0 Å². The number of oxime groups is 1. The normalized spacial score (nSPS) is 11.2. The van der Waals surface area contributed by atoms with Crippen LogP contribution in [0.15, 0.2) is 47.6 Å². The quantitative estimate of drug-likeness (QED) is 0.425. The largest absolute Gasteiger partial charge is 0.489 e. The minimum absolute atomic E-state index is 0.0821. The maximum Gasteiger partial charge on any atom is 0.274 e. The zero-order valence-electron chi connectivity index (χ0n) is 14.0. The maximum absolute atomic E-state index is 11.7. The Labute approximate surface area is 147 Å². The third kappa shape index (κ3) is 4.59. The predicted octanol–water partition coefficient (Wildman–Crippen LogP) is 4.39. The van der Waals surface area contributed by atoms with Crippen molar-refractivity contribution in [3.8, 4) is 5.75 Å². The van der Waals surface area contributed by atoms with Gasteiger partial charge in [-0.05, 0) is 55.1 Å². The molecule has 0 aliphatic heterocycles. The van der Waals surface area contributed by atoms with E-state index in [0.29, 0.717) is 18.8 Å². The number of aryl methyl sites for hydroxylation is 2. The third-order valence-electron chi connectivity index (χ3n) is 3.47. The lowest BCUT2D eigenvalue weighted by molar-refractivity contribution is -0.106. The molecule has 0 amide bonds. The van der Waals surface area contributed by atoms with Crippen molar-refractivity contribution in [3.63, 3.8) is 0 Å². The van der Waals surface area contributed by atoms with E-state index >= 15 is 0 Å². The van der Waals surface area contributed by atoms with E-state index in [1.807, 2.05) is 50.2 Å². The molecule has 24 heavy (non-hydrogen) atoms. The van der Waals surface area contributed by atoms with Gasteiger partial charge in [-0.2, -0.15) is 0 Å². The van der Waals surface area contributed by atoms with Crippen LogP contribution >= 0.6 is 11.6 Å². The standard InChI is InChI=1S/C19H20ClNO3/c1-4-24-21-18(19(20)22)16-8-6-5-7-15(16)12-23-17-11-13(2)9-10-14(17)3/h5-11H,4,12H2,1-3H3. The lowest BCUT2D eigenvalue weighted by Crippen LogP contribution is -2.14. The summed E-state index contributed by atoms with van der Waals surface area (Å²) in [7, 11) is 0. The minimum atomic E-state index is -0.664. The minimum Gasteiger partial charge on any atom is -0.489 e. The smallest absolute Gasteiger partial charge is 0.274 e. The van der Waals surface area contributed by atoms with Crippen molar-refractivity contribution in [1.29, 1.82) is 0 Å². The highest BCUT2D eigenvalue weighted by molar-refractivity contribution is 6.84. The fourth-order valence-electron chi connectivity index (χ4n) is 2.22. The zero-order valence-corrected chi connectivity index (χ0v) is 14.8. The summed E-state index contributed by atoms with van der Waals surface area (Å²) < 4.78 is 5.93. The molecule has 0 N–H and O–H groups in total. The molecule has 0 heterocycles. The monoisotopic (exact) mass is 345 g/mol. The van der Waals surface area contributed by atoms with Gasteiger partial charge in [-0.25, -0.2) is 0 Å². The average molecular weight is 346 g/mol. The number of carbonyl (C=O) groups excluding carboxylic acids is 1. The SMILES string of the molecule is CCON=C(C(=O)Cl)c1ccccc1COc1cc(C)ccc1C. The van der Waals surface area contributed by atoms with E-state index in [2.05, 4.69) is 5.16 Å². The van der Waals surface area contributed by atoms with Crippen LogP contribution in [0.4, 0.5) is 0 Å². The Balaban J connectivity index is 2.28. The molecule has 126 valence electrons. The van der Waals surface area contributed by atoms with Gasteiger partial charge in [0.2, 0.25) is 0 Å². The molecule has 0 aliphatic rings. The summed E-state index contributed by atoms with van der Waals surface area (Å²) in [5.74, 6) is 0.810. The van der Waals surface area contributed by atoms with Gasteiger partial charge >= 0.3 is 0 Å². The van der Waals surface area contributed by atoms with Crippen LogP contribution in [0.1, 0.15) is 29.2 Å². The molecule has 4 nitrogen and oxygen atoms in total. The van der Waals surface area contributed by atoms with Gasteiger partial charge in [-0.1, -0.05) is 41.6 Å². The van der Waals surface area contributed by atoms with Crippen LogP contribution < -0.4 is 4.74 Å². The third-order valence-corrected chi connectivity index (χ3v) is 3.65. The Morgan fingerprint density at radius 3 is 2.62 bits per heavy atom. The average Bonchev–Trinajstić information content (AvgIpc) is 2.56. The summed E-state index contributed by atoms with van der Waals surface area (Å²) >= 11 is 5.66. The van der Waals surface area contributed by atoms with Crippen LogP contribution in [-0.2, 0) is 16.2 Å². The number of hydrogen-bond donors (Lipinski definition) is 0. The Morgan fingerprint density at radius 2 is 1.92 bits per heavy atom. The highest BCUT2D eigenvalue weighted by Gasteiger charge is 2.17. The van der Waals surface area contributed by atoms with E-state index < -0.39 is 5.24 Å². The van der Waals surface area contributed by atoms with E-state index in [1.54, 1.807) is 13.0 Å². The van der Waals surface area contributed by atoms with Gasteiger partial charge in [0.15, 0.2) is 5.71 Å². The second-order valence-electron chi connectivity index (χ2n) is 5.35. The first-order valence-corrected chi connectivity index (χ1v) is 8.08. The number of benzene rings is 2. The molecular weight excluding hydrogens is 326 g/mol. The molecule has 0 unspecified atom stereocenters. The molecule has 0 bridgehead atoms. The summed E-state index contributed by atoms with van der Waals surface area (Å²) in [5, 5.41) is 3.17. The highest BCUT2D eigenvalue weighted by atomic mass is 35.5. The van der Waals surface area contributed by atoms with Crippen molar-refractivity contribution in [1.82, 2.24) is 0 Å². The first kappa shape index (κ1) is 18.0. The summed E-state index contributed by atoms with van der Waals surface area (Å²) in [6.45, 7) is 6.45. The van der Waals surface area contributed by atoms with Crippen LogP contribution in [0.2, 0.25) is 0 Å². The summed E-state index contributed by atoms with van der Waals surface area (Å²) in [6.07, 6.45) is 0. The van der Waals surface area contributed by atoms with Gasteiger partial charge in [-0.3, -0.25) is 4.79 Å². The maximum atomic E-state index is 11.7. The number of ether oxygens (including phenoxy) is 1. The Bertz CT molecular complexity index is 756. The fraction of sp³-hybridized carbons (Fsp3) is 0.263. The molecule has 0 radical (unpaired) electrons. The number of carbonyl (C=O) groups is 1. The van der Waals surface area contributed by atoms with Crippen LogP contribution in [-0.4, -0.2) is 17.6 Å². The molecule has 0 saturated carbocycles.